The van der Waals surface area contributed by atoms with Crippen LogP contribution in [0.15, 0.2) is 29.2 Å². The first kappa shape index (κ1) is 17.4. The molecule has 1 unspecified atom stereocenters. The zero-order chi connectivity index (χ0) is 17.3. The van der Waals surface area contributed by atoms with Gasteiger partial charge in [-0.25, -0.2) is 17.5 Å². The van der Waals surface area contributed by atoms with Crippen LogP contribution in [0.3, 0.4) is 0 Å². The highest BCUT2D eigenvalue weighted by atomic mass is 32.2. The summed E-state index contributed by atoms with van der Waals surface area (Å²) in [4.78, 5) is 23.6. The van der Waals surface area contributed by atoms with E-state index in [2.05, 4.69) is 5.32 Å². The number of rotatable bonds is 5. The van der Waals surface area contributed by atoms with E-state index in [4.69, 9.17) is 4.74 Å². The van der Waals surface area contributed by atoms with Crippen LogP contribution >= 0.6 is 0 Å². The molecule has 1 aromatic carbocycles. The van der Waals surface area contributed by atoms with Gasteiger partial charge in [-0.3, -0.25) is 4.79 Å². The monoisotopic (exact) mass is 342 g/mol. The number of hydrogen-bond acceptors (Lipinski definition) is 5. The lowest BCUT2D eigenvalue weighted by molar-refractivity contribution is -0.144. The molecule has 0 radical (unpaired) electrons. The second kappa shape index (κ2) is 6.26. The number of carbonyl (C=O) groups excluding carboxylic acids is 1. The summed E-state index contributed by atoms with van der Waals surface area (Å²) in [5, 5.41) is 11.8. The number of hydrogen-bond donors (Lipinski definition) is 2. The van der Waals surface area contributed by atoms with Crippen molar-refractivity contribution in [3.63, 3.8) is 0 Å². The van der Waals surface area contributed by atoms with Gasteiger partial charge < -0.3 is 15.2 Å². The van der Waals surface area contributed by atoms with Gasteiger partial charge in [0.25, 0.3) is 5.91 Å². The van der Waals surface area contributed by atoms with Crippen LogP contribution in [0.25, 0.3) is 0 Å². The molecule has 1 aliphatic heterocycles. The Kier molecular flexibility index (Phi) is 4.73. The average molecular weight is 342 g/mol. The van der Waals surface area contributed by atoms with Crippen LogP contribution in [0.5, 0.6) is 0 Å². The molecular formula is C14H18N2O6S. The number of amides is 1. The number of nitrogens with one attached hydrogen (secondary N) is 1. The first-order valence-corrected chi connectivity index (χ1v) is 8.29. The topological polar surface area (TPSA) is 113 Å². The van der Waals surface area contributed by atoms with Crippen molar-refractivity contribution in [3.8, 4) is 0 Å². The normalized spacial score (nSPS) is 21.3. The van der Waals surface area contributed by atoms with E-state index >= 15 is 0 Å². The molecule has 1 atom stereocenters. The Labute approximate surface area is 134 Å². The van der Waals surface area contributed by atoms with Gasteiger partial charge in [0.05, 0.1) is 11.5 Å². The van der Waals surface area contributed by atoms with Crippen molar-refractivity contribution in [1.29, 1.82) is 0 Å². The summed E-state index contributed by atoms with van der Waals surface area (Å²) in [6.45, 7) is 0.160. The summed E-state index contributed by atoms with van der Waals surface area (Å²) in [7, 11) is -0.761. The van der Waals surface area contributed by atoms with Crippen molar-refractivity contribution in [2.75, 3.05) is 27.3 Å². The zero-order valence-electron chi connectivity index (χ0n) is 12.8. The fourth-order valence-electron chi connectivity index (χ4n) is 2.16. The predicted octanol–water partition coefficient (Wildman–Crippen LogP) is -0.0896. The van der Waals surface area contributed by atoms with Crippen molar-refractivity contribution in [1.82, 2.24) is 9.62 Å². The summed E-state index contributed by atoms with van der Waals surface area (Å²) in [5.74, 6) is -1.75. The molecule has 23 heavy (non-hydrogen) atoms. The van der Waals surface area contributed by atoms with Crippen LogP contribution in [-0.4, -0.2) is 62.6 Å². The lowest BCUT2D eigenvalue weighted by atomic mass is 9.98. The molecule has 1 aromatic rings. The minimum Gasteiger partial charge on any atom is -0.479 e. The van der Waals surface area contributed by atoms with Gasteiger partial charge in [0.15, 0.2) is 5.54 Å². The Morgan fingerprint density at radius 3 is 2.30 bits per heavy atom. The lowest BCUT2D eigenvalue weighted by Crippen LogP contribution is -2.55. The molecule has 0 aromatic heterocycles. The van der Waals surface area contributed by atoms with E-state index in [9.17, 15) is 23.1 Å². The molecule has 1 amide bonds. The Morgan fingerprint density at radius 1 is 1.26 bits per heavy atom. The van der Waals surface area contributed by atoms with Gasteiger partial charge in [0.1, 0.15) is 0 Å². The third-order valence-electron chi connectivity index (χ3n) is 3.68. The molecule has 0 spiro atoms. The molecule has 1 aliphatic rings. The van der Waals surface area contributed by atoms with Crippen molar-refractivity contribution in [2.45, 2.75) is 16.9 Å². The second-order valence-electron chi connectivity index (χ2n) is 5.46. The summed E-state index contributed by atoms with van der Waals surface area (Å²) in [6.07, 6.45) is 0.182. The highest BCUT2D eigenvalue weighted by Gasteiger charge is 2.44. The van der Waals surface area contributed by atoms with E-state index in [1.807, 2.05) is 0 Å². The maximum Gasteiger partial charge on any atom is 0.331 e. The molecule has 0 aliphatic carbocycles. The van der Waals surface area contributed by atoms with Crippen LogP contribution in [0.4, 0.5) is 0 Å². The Bertz CT molecular complexity index is 705. The lowest BCUT2D eigenvalue weighted by Gasteiger charge is -2.23. The molecule has 2 N–H and O–H groups in total. The largest absolute Gasteiger partial charge is 0.479 e. The molecular weight excluding hydrogens is 324 g/mol. The Balaban J connectivity index is 2.20. The third-order valence-corrected chi connectivity index (χ3v) is 5.51. The van der Waals surface area contributed by atoms with Crippen molar-refractivity contribution in [2.24, 2.45) is 0 Å². The highest BCUT2D eigenvalue weighted by Crippen LogP contribution is 2.20. The maximum atomic E-state index is 12.2. The van der Waals surface area contributed by atoms with Crippen LogP contribution < -0.4 is 5.32 Å². The molecule has 0 saturated carbocycles. The minimum absolute atomic E-state index is 0.0520. The summed E-state index contributed by atoms with van der Waals surface area (Å²) < 4.78 is 30.1. The van der Waals surface area contributed by atoms with Crippen molar-refractivity contribution < 1.29 is 27.9 Å². The van der Waals surface area contributed by atoms with Gasteiger partial charge in [-0.1, -0.05) is 0 Å². The zero-order valence-corrected chi connectivity index (χ0v) is 13.6. The molecule has 1 fully saturated rings. The van der Waals surface area contributed by atoms with E-state index in [0.717, 1.165) is 4.31 Å². The highest BCUT2D eigenvalue weighted by molar-refractivity contribution is 7.89. The predicted molar refractivity (Wildman–Crippen MR) is 80.6 cm³/mol. The molecule has 8 nitrogen and oxygen atoms in total. The number of carboxylic acids is 1. The quantitative estimate of drug-likeness (QED) is 0.773. The van der Waals surface area contributed by atoms with Crippen molar-refractivity contribution >= 4 is 21.9 Å². The van der Waals surface area contributed by atoms with Crippen LogP contribution in [0, 0.1) is 0 Å². The number of sulfonamides is 1. The molecule has 0 bridgehead atoms. The second-order valence-corrected chi connectivity index (χ2v) is 7.61. The van der Waals surface area contributed by atoms with Crippen LogP contribution in [0.1, 0.15) is 16.8 Å². The van der Waals surface area contributed by atoms with Crippen LogP contribution in [-0.2, 0) is 19.6 Å². The maximum absolute atomic E-state index is 12.2. The smallest absolute Gasteiger partial charge is 0.331 e. The number of ether oxygens (including phenoxy) is 1. The van der Waals surface area contributed by atoms with Gasteiger partial charge in [0.2, 0.25) is 10.0 Å². The van der Waals surface area contributed by atoms with Crippen LogP contribution in [0.2, 0.25) is 0 Å². The first-order chi connectivity index (χ1) is 10.7. The number of aliphatic carboxylic acids is 1. The third kappa shape index (κ3) is 3.36. The SMILES string of the molecule is CN(C)S(=O)(=O)c1ccc(C(=O)NC2(C(=O)O)CCOC2)cc1. The van der Waals surface area contributed by atoms with Gasteiger partial charge in [-0.15, -0.1) is 0 Å². The molecule has 9 heteroatoms. The van der Waals surface area contributed by atoms with E-state index in [1.54, 1.807) is 0 Å². The number of nitrogens with zero attached hydrogens (tertiary/aromatic N) is 1. The van der Waals surface area contributed by atoms with Crippen molar-refractivity contribution in [3.05, 3.63) is 29.8 Å². The number of carbonyl (C=O) groups is 2. The first-order valence-electron chi connectivity index (χ1n) is 6.85. The standard InChI is InChI=1S/C14H18N2O6S/c1-16(2)23(20,21)11-5-3-10(4-6-11)12(17)15-14(13(18)19)7-8-22-9-14/h3-6H,7-9H2,1-2H3,(H,15,17)(H,18,19). The van der Waals surface area contributed by atoms with E-state index in [1.165, 1.54) is 38.4 Å². The minimum atomic E-state index is -3.58. The van der Waals surface area contributed by atoms with Gasteiger partial charge in [-0.2, -0.15) is 0 Å². The van der Waals surface area contributed by atoms with E-state index in [-0.39, 0.29) is 30.1 Å². The summed E-state index contributed by atoms with van der Waals surface area (Å²) >= 11 is 0. The fraction of sp³-hybridized carbons (Fsp3) is 0.429. The average Bonchev–Trinajstić information content (AvgIpc) is 2.97. The van der Waals surface area contributed by atoms with Gasteiger partial charge in [0, 0.05) is 32.7 Å². The molecule has 2 rings (SSSR count). The van der Waals surface area contributed by atoms with E-state index in [0.29, 0.717) is 0 Å². The van der Waals surface area contributed by atoms with Gasteiger partial charge >= 0.3 is 5.97 Å². The molecule has 1 saturated heterocycles. The Hall–Kier alpha value is -1.97. The molecule has 1 heterocycles. The van der Waals surface area contributed by atoms with Gasteiger partial charge in [-0.05, 0) is 24.3 Å². The fourth-order valence-corrected chi connectivity index (χ4v) is 3.07. The van der Waals surface area contributed by atoms with E-state index < -0.39 is 27.4 Å². The number of benzene rings is 1. The number of carboxylic acid groups (broad SMARTS) is 1. The molecule has 126 valence electrons. The Morgan fingerprint density at radius 2 is 1.87 bits per heavy atom. The summed E-state index contributed by atoms with van der Waals surface area (Å²) in [5.41, 5.74) is -1.26. The summed E-state index contributed by atoms with van der Waals surface area (Å²) in [6, 6.07) is 5.31.